The third-order valence-corrected chi connectivity index (χ3v) is 15.9. The number of carbonyl (C=O) groups excluding carboxylic acids is 4. The van der Waals surface area contributed by atoms with Gasteiger partial charge < -0.3 is 50.3 Å². The zero-order valence-electron chi connectivity index (χ0n) is 51.5. The Bertz CT molecular complexity index is 3520. The molecule has 2 amide bonds. The second-order valence-corrected chi connectivity index (χ2v) is 24.3. The molecule has 0 aliphatic heterocycles. The van der Waals surface area contributed by atoms with Gasteiger partial charge in [0, 0.05) is 34.3 Å². The van der Waals surface area contributed by atoms with E-state index in [2.05, 4.69) is 10.6 Å². The lowest BCUT2D eigenvalue weighted by molar-refractivity contribution is -0.149. The third kappa shape index (κ3) is 17.9. The topological polar surface area (TPSA) is 239 Å². The molecule has 0 spiro atoms. The number of fused-ring (bicyclic) bond motifs is 3. The van der Waals surface area contributed by atoms with Gasteiger partial charge in [-0.15, -0.1) is 12.4 Å². The number of aryl methyl sites for hydroxylation is 6. The predicted octanol–water partition coefficient (Wildman–Crippen LogP) is 13.0. The van der Waals surface area contributed by atoms with Gasteiger partial charge in [-0.05, 0) is 206 Å². The molecule has 88 heavy (non-hydrogen) atoms. The molecule has 3 aliphatic rings. The second-order valence-electron chi connectivity index (χ2n) is 22.9. The number of methoxy groups -OCH3 is 2. The van der Waals surface area contributed by atoms with Crippen molar-refractivity contribution in [2.75, 3.05) is 14.2 Å². The zero-order valence-corrected chi connectivity index (χ0v) is 54.6. The highest BCUT2D eigenvalue weighted by Crippen LogP contribution is 2.36. The van der Waals surface area contributed by atoms with Crippen molar-refractivity contribution in [3.05, 3.63) is 191 Å². The number of nitrogens with two attached hydrogens (primary N) is 1. The molecule has 0 heterocycles. The molecule has 0 saturated heterocycles. The molecule has 0 fully saturated rings. The van der Waals surface area contributed by atoms with Crippen LogP contribution in [0.15, 0.2) is 109 Å². The Morgan fingerprint density at radius 3 is 1.19 bits per heavy atom. The highest BCUT2D eigenvalue weighted by molar-refractivity contribution is 6.31. The maximum absolute atomic E-state index is 13.2. The van der Waals surface area contributed by atoms with E-state index in [-0.39, 0.29) is 54.6 Å². The van der Waals surface area contributed by atoms with Crippen LogP contribution in [0.1, 0.15) is 142 Å². The first-order chi connectivity index (χ1) is 41.0. The van der Waals surface area contributed by atoms with Crippen LogP contribution in [0, 0.1) is 20.8 Å². The van der Waals surface area contributed by atoms with E-state index in [1.807, 2.05) is 123 Å². The number of para-hydroxylation sites is 3. The number of esters is 2. The molecule has 0 bridgehead atoms. The summed E-state index contributed by atoms with van der Waals surface area (Å²) in [5.74, 6) is -2.11. The number of hydrogen-bond donors (Lipinski definition) is 5. The van der Waals surface area contributed by atoms with Gasteiger partial charge in [0.1, 0.15) is 39.4 Å². The average Bonchev–Trinajstić information content (AvgIpc) is 0.917. The molecule has 0 saturated carbocycles. The van der Waals surface area contributed by atoms with Crippen LogP contribution in [0.2, 0.25) is 15.1 Å². The molecule has 0 radical (unpaired) electrons. The molecule has 6 aromatic carbocycles. The summed E-state index contributed by atoms with van der Waals surface area (Å²) >= 11 is 18.1. The van der Waals surface area contributed by atoms with Gasteiger partial charge in [0.2, 0.25) is 0 Å². The molecule has 3 aliphatic carbocycles. The number of aromatic carboxylic acids is 1. The van der Waals surface area contributed by atoms with Crippen LogP contribution >= 0.6 is 47.2 Å². The van der Waals surface area contributed by atoms with E-state index in [1.54, 1.807) is 48.5 Å². The van der Waals surface area contributed by atoms with Crippen molar-refractivity contribution in [1.82, 2.24) is 10.6 Å². The number of carboxylic acids is 2. The maximum atomic E-state index is 13.2. The van der Waals surface area contributed by atoms with Crippen molar-refractivity contribution in [3.8, 4) is 17.2 Å². The quantitative estimate of drug-likeness (QED) is 0.0638. The first-order valence-corrected chi connectivity index (χ1v) is 29.9. The number of halogens is 4. The molecule has 6 aromatic rings. The summed E-state index contributed by atoms with van der Waals surface area (Å²) in [6.45, 7) is 16.9. The Morgan fingerprint density at radius 1 is 0.477 bits per heavy atom. The highest BCUT2D eigenvalue weighted by atomic mass is 35.5. The first kappa shape index (κ1) is 71.4. The van der Waals surface area contributed by atoms with Crippen molar-refractivity contribution < 1.29 is 62.7 Å². The fraction of sp³-hybridized carbons (Fsp3) is 0.382. The lowest BCUT2D eigenvalue weighted by atomic mass is 9.77. The van der Waals surface area contributed by atoms with Crippen LogP contribution in [0.3, 0.4) is 0 Å². The van der Waals surface area contributed by atoms with Gasteiger partial charge in [-0.25, -0.2) is 14.4 Å². The van der Waals surface area contributed by atoms with Crippen LogP contribution in [0.25, 0.3) is 0 Å². The Kier molecular flexibility index (Phi) is 25.3. The van der Waals surface area contributed by atoms with E-state index >= 15 is 0 Å². The standard InChI is InChI=1S/C23H26ClNO4.C22H24ClNO4.C12H14ClNO2.C11H14O3.ClH/c1-14(2)29-20-15(3)6-5-7-19(20)21(26)25-23(22(27)28-4)11-10-16-12-18(24)9-8-17(16)13-23;1-13(2)28-19-14(3)5-4-6-18(19)20(25)24-22(21(26)27)10-9-15-11-17(23)8-7-16(15)12-22;1-16-11(15)12(14)5-4-8-6-10(13)3-2-9(8)7-12;1-7(2)14-10-8(3)5-4-6-9(10)11(12)13;/h5-9,12,14H,10-11,13H2,1-4H3,(H,25,26);4-8,11,13H,9-10,12H2,1-3H3,(H,24,25)(H,26,27);2-3,6H,4-5,7,14H2,1H3;4-7H,1-3H3,(H,12,13);1H. The Balaban J connectivity index is 0.000000222. The molecule has 3 unspecified atom stereocenters. The molecule has 9 rings (SSSR count). The van der Waals surface area contributed by atoms with Gasteiger partial charge in [0.05, 0.1) is 43.7 Å². The van der Waals surface area contributed by atoms with Crippen molar-refractivity contribution in [2.24, 2.45) is 5.73 Å². The zero-order chi connectivity index (χ0) is 64.1. The van der Waals surface area contributed by atoms with Crippen LogP contribution in [-0.4, -0.2) is 95.1 Å². The first-order valence-electron chi connectivity index (χ1n) is 28.7. The van der Waals surface area contributed by atoms with Crippen molar-refractivity contribution >= 4 is 82.9 Å². The average molecular weight is 1290 g/mol. The number of hydrogen-bond acceptors (Lipinski definition) is 12. The highest BCUT2D eigenvalue weighted by Gasteiger charge is 2.46. The van der Waals surface area contributed by atoms with Crippen molar-refractivity contribution in [3.63, 3.8) is 0 Å². The normalized spacial score (nSPS) is 17.8. The molecule has 3 atom stereocenters. The molecular formula is C68H79Cl4N3O13. The fourth-order valence-corrected chi connectivity index (χ4v) is 11.4. The minimum Gasteiger partial charge on any atom is -0.490 e. The number of carbonyl (C=O) groups is 6. The third-order valence-electron chi connectivity index (χ3n) is 15.2. The summed E-state index contributed by atoms with van der Waals surface area (Å²) in [5.41, 5.74) is 12.4. The summed E-state index contributed by atoms with van der Waals surface area (Å²) in [6.07, 6.45) is 4.14. The lowest BCUT2D eigenvalue weighted by Gasteiger charge is -2.36. The minimum absolute atomic E-state index is 0. The van der Waals surface area contributed by atoms with E-state index in [0.29, 0.717) is 83.4 Å². The molecular weight excluding hydrogens is 1210 g/mol. The lowest BCUT2D eigenvalue weighted by Crippen LogP contribution is -2.58. The van der Waals surface area contributed by atoms with Crippen LogP contribution in [0.4, 0.5) is 0 Å². The number of benzene rings is 6. The summed E-state index contributed by atoms with van der Waals surface area (Å²) < 4.78 is 27.0. The molecule has 20 heteroatoms. The Morgan fingerprint density at radius 2 is 0.818 bits per heavy atom. The van der Waals surface area contributed by atoms with E-state index in [9.17, 15) is 33.9 Å². The van der Waals surface area contributed by atoms with Crippen LogP contribution in [0.5, 0.6) is 17.2 Å². The number of aliphatic carboxylic acids is 1. The van der Waals surface area contributed by atoms with Gasteiger partial charge in [-0.2, -0.15) is 0 Å². The molecule has 6 N–H and O–H groups in total. The van der Waals surface area contributed by atoms with Gasteiger partial charge in [-0.1, -0.05) is 89.4 Å². The van der Waals surface area contributed by atoms with Crippen LogP contribution < -0.4 is 30.6 Å². The van der Waals surface area contributed by atoms with Crippen molar-refractivity contribution in [2.45, 2.75) is 155 Å². The Hall–Kier alpha value is -7.34. The molecule has 472 valence electrons. The van der Waals surface area contributed by atoms with Crippen LogP contribution in [-0.2, 0) is 62.4 Å². The van der Waals surface area contributed by atoms with Gasteiger partial charge in [-0.3, -0.25) is 14.4 Å². The molecule has 0 aromatic heterocycles. The number of ether oxygens (including phenoxy) is 5. The summed E-state index contributed by atoms with van der Waals surface area (Å²) in [5, 5.41) is 26.7. The second kappa shape index (κ2) is 31.2. The minimum atomic E-state index is -1.36. The van der Waals surface area contributed by atoms with E-state index in [0.717, 1.165) is 56.0 Å². The summed E-state index contributed by atoms with van der Waals surface area (Å²) in [6, 6.07) is 32.5. The van der Waals surface area contributed by atoms with E-state index < -0.39 is 40.4 Å². The summed E-state index contributed by atoms with van der Waals surface area (Å²) in [4.78, 5) is 73.7. The van der Waals surface area contributed by atoms with Gasteiger partial charge >= 0.3 is 23.9 Å². The van der Waals surface area contributed by atoms with Crippen molar-refractivity contribution in [1.29, 1.82) is 0 Å². The Labute approximate surface area is 536 Å². The predicted molar refractivity (Wildman–Crippen MR) is 344 cm³/mol. The molecule has 16 nitrogen and oxygen atoms in total. The monoisotopic (exact) mass is 1290 g/mol. The van der Waals surface area contributed by atoms with E-state index in [4.69, 9.17) is 69.3 Å². The van der Waals surface area contributed by atoms with Gasteiger partial charge in [0.25, 0.3) is 11.8 Å². The smallest absolute Gasteiger partial charge is 0.339 e. The maximum Gasteiger partial charge on any atom is 0.339 e. The van der Waals surface area contributed by atoms with Gasteiger partial charge in [0.15, 0.2) is 0 Å². The number of rotatable bonds is 14. The SMILES string of the molecule is COC(=O)C1(N)CCc2cc(Cl)ccc2C1.COC(=O)C1(NC(=O)c2cccc(C)c2OC(C)C)CCc2cc(Cl)ccc2C1.Cc1cccc(C(=O)NC2(C(=O)O)CCc3cc(Cl)ccc3C2)c1OC(C)C.Cc1cccc(C(=O)O)c1OC(C)C.Cl. The van der Waals surface area contributed by atoms with E-state index in [1.165, 1.54) is 19.8 Å². The summed E-state index contributed by atoms with van der Waals surface area (Å²) in [7, 11) is 2.71. The number of carboxylic acid groups (broad SMARTS) is 2. The fourth-order valence-electron chi connectivity index (χ4n) is 10.8. The number of nitrogens with one attached hydrogen (secondary N) is 2. The largest absolute Gasteiger partial charge is 0.490 e. The number of amides is 2.